The molecule has 0 fully saturated rings. The minimum Gasteiger partial charge on any atom is -0.478 e. The number of aryl methyl sites for hydroxylation is 2. The molecule has 0 bridgehead atoms. The molecule has 0 spiro atoms. The van der Waals surface area contributed by atoms with Crippen molar-refractivity contribution in [1.29, 1.82) is 0 Å². The summed E-state index contributed by atoms with van der Waals surface area (Å²) in [6.07, 6.45) is 5.24. The average Bonchev–Trinajstić information content (AvgIpc) is 3.11. The summed E-state index contributed by atoms with van der Waals surface area (Å²) in [5.74, 6) is 1.30. The van der Waals surface area contributed by atoms with Gasteiger partial charge in [0.05, 0.1) is 18.5 Å². The highest BCUT2D eigenvalue weighted by molar-refractivity contribution is 5.67. The Bertz CT molecular complexity index is 1010. The minimum atomic E-state index is 0.574. The number of nitrogens with zero attached hydrogens (tertiary/aromatic N) is 5. The number of fused-ring (bicyclic) bond motifs is 1. The Morgan fingerprint density at radius 2 is 1.81 bits per heavy atom. The number of pyridine rings is 1. The molecule has 0 atom stereocenters. The van der Waals surface area contributed by atoms with Gasteiger partial charge in [0.15, 0.2) is 11.3 Å². The van der Waals surface area contributed by atoms with Crippen LogP contribution in [0.25, 0.3) is 17.1 Å². The molecule has 0 unspecified atom stereocenters. The number of benzene rings is 1. The van der Waals surface area contributed by atoms with Crippen LogP contribution in [-0.2, 0) is 12.8 Å². The largest absolute Gasteiger partial charge is 0.478 e. The van der Waals surface area contributed by atoms with Crippen LogP contribution in [0.4, 0.5) is 0 Å². The van der Waals surface area contributed by atoms with Gasteiger partial charge in [-0.05, 0) is 31.4 Å². The molecule has 0 amide bonds. The molecule has 4 aromatic rings. The summed E-state index contributed by atoms with van der Waals surface area (Å²) >= 11 is 0. The molecule has 3 heterocycles. The van der Waals surface area contributed by atoms with Gasteiger partial charge in [-0.2, -0.15) is 4.98 Å². The zero-order valence-electron chi connectivity index (χ0n) is 14.5. The number of hydrogen-bond donors (Lipinski definition) is 0. The molecule has 0 radical (unpaired) electrons. The molecule has 0 saturated carbocycles. The fourth-order valence-electron chi connectivity index (χ4n) is 2.80. The molecule has 0 aliphatic carbocycles. The van der Waals surface area contributed by atoms with Gasteiger partial charge in [-0.3, -0.25) is 4.57 Å². The maximum atomic E-state index is 5.49. The molecule has 130 valence electrons. The van der Waals surface area contributed by atoms with Crippen molar-refractivity contribution in [2.75, 3.05) is 6.61 Å². The van der Waals surface area contributed by atoms with Crippen LogP contribution in [0.15, 0.2) is 61.1 Å². The van der Waals surface area contributed by atoms with E-state index in [1.54, 1.807) is 12.5 Å². The van der Waals surface area contributed by atoms with Gasteiger partial charge < -0.3 is 4.74 Å². The van der Waals surface area contributed by atoms with Crippen LogP contribution < -0.4 is 4.74 Å². The SMILES string of the molecule is CCOc1cccc(-n2cnc3ncc(CCc4ccccc4)nc32)n1. The van der Waals surface area contributed by atoms with Gasteiger partial charge in [-0.25, -0.2) is 15.0 Å². The van der Waals surface area contributed by atoms with Crippen LogP contribution in [0.1, 0.15) is 18.2 Å². The number of hydrogen-bond acceptors (Lipinski definition) is 5. The van der Waals surface area contributed by atoms with Crippen molar-refractivity contribution < 1.29 is 4.74 Å². The van der Waals surface area contributed by atoms with E-state index in [1.807, 2.05) is 35.8 Å². The maximum Gasteiger partial charge on any atom is 0.215 e. The molecule has 0 saturated heterocycles. The molecule has 6 heteroatoms. The third-order valence-electron chi connectivity index (χ3n) is 4.07. The third kappa shape index (κ3) is 3.39. The Labute approximate surface area is 151 Å². The van der Waals surface area contributed by atoms with Crippen molar-refractivity contribution in [2.45, 2.75) is 19.8 Å². The summed E-state index contributed by atoms with van der Waals surface area (Å²) in [7, 11) is 0. The van der Waals surface area contributed by atoms with Gasteiger partial charge in [0, 0.05) is 6.07 Å². The normalized spacial score (nSPS) is 11.0. The van der Waals surface area contributed by atoms with Crippen molar-refractivity contribution >= 4 is 11.3 Å². The summed E-state index contributed by atoms with van der Waals surface area (Å²) in [4.78, 5) is 18.1. The highest BCUT2D eigenvalue weighted by atomic mass is 16.5. The monoisotopic (exact) mass is 345 g/mol. The first-order valence-corrected chi connectivity index (χ1v) is 8.66. The Hall–Kier alpha value is -3.28. The summed E-state index contributed by atoms with van der Waals surface area (Å²) in [5.41, 5.74) is 3.53. The van der Waals surface area contributed by atoms with E-state index >= 15 is 0 Å². The Morgan fingerprint density at radius 1 is 0.923 bits per heavy atom. The molecule has 0 aliphatic heterocycles. The lowest BCUT2D eigenvalue weighted by Gasteiger charge is -2.07. The van der Waals surface area contributed by atoms with Crippen molar-refractivity contribution in [3.05, 3.63) is 72.3 Å². The van der Waals surface area contributed by atoms with Gasteiger partial charge in [0.1, 0.15) is 12.1 Å². The highest BCUT2D eigenvalue weighted by Crippen LogP contribution is 2.17. The van der Waals surface area contributed by atoms with E-state index in [4.69, 9.17) is 9.72 Å². The molecule has 3 aromatic heterocycles. The predicted molar refractivity (Wildman–Crippen MR) is 99.5 cm³/mol. The van der Waals surface area contributed by atoms with E-state index in [2.05, 4.69) is 39.2 Å². The van der Waals surface area contributed by atoms with Crippen LogP contribution in [0.2, 0.25) is 0 Å². The quantitative estimate of drug-likeness (QED) is 0.536. The minimum absolute atomic E-state index is 0.574. The maximum absolute atomic E-state index is 5.49. The number of aromatic nitrogens is 5. The standard InChI is InChI=1S/C20H19N5O/c1-2-26-18-10-6-9-17(24-18)25-14-22-19-20(25)23-16(13-21-19)12-11-15-7-4-3-5-8-15/h3-10,13-14H,2,11-12H2,1H3. The molecule has 4 rings (SSSR count). The second-order valence-electron chi connectivity index (χ2n) is 5.88. The molecule has 26 heavy (non-hydrogen) atoms. The van der Waals surface area contributed by atoms with Gasteiger partial charge in [0.25, 0.3) is 0 Å². The van der Waals surface area contributed by atoms with Gasteiger partial charge in [0.2, 0.25) is 5.88 Å². The first-order chi connectivity index (χ1) is 12.8. The first kappa shape index (κ1) is 16.2. The van der Waals surface area contributed by atoms with Crippen LogP contribution in [0.5, 0.6) is 5.88 Å². The predicted octanol–water partition coefficient (Wildman–Crippen LogP) is 3.39. The topological polar surface area (TPSA) is 65.7 Å². The lowest BCUT2D eigenvalue weighted by molar-refractivity contribution is 0.326. The van der Waals surface area contributed by atoms with Crippen molar-refractivity contribution in [2.24, 2.45) is 0 Å². The zero-order chi connectivity index (χ0) is 17.8. The zero-order valence-corrected chi connectivity index (χ0v) is 14.5. The summed E-state index contributed by atoms with van der Waals surface area (Å²) in [6.45, 7) is 2.51. The smallest absolute Gasteiger partial charge is 0.215 e. The van der Waals surface area contributed by atoms with E-state index in [0.717, 1.165) is 18.5 Å². The van der Waals surface area contributed by atoms with Crippen molar-refractivity contribution in [3.63, 3.8) is 0 Å². The Balaban J connectivity index is 1.63. The average molecular weight is 345 g/mol. The summed E-state index contributed by atoms with van der Waals surface area (Å²) < 4.78 is 7.33. The number of rotatable bonds is 6. The van der Waals surface area contributed by atoms with Crippen molar-refractivity contribution in [1.82, 2.24) is 24.5 Å². The Morgan fingerprint density at radius 3 is 2.65 bits per heavy atom. The Kier molecular flexibility index (Phi) is 4.55. The molecule has 6 nitrogen and oxygen atoms in total. The highest BCUT2D eigenvalue weighted by Gasteiger charge is 2.10. The molecular formula is C20H19N5O. The van der Waals surface area contributed by atoms with Gasteiger partial charge in [-0.15, -0.1) is 0 Å². The van der Waals surface area contributed by atoms with E-state index in [-0.39, 0.29) is 0 Å². The lowest BCUT2D eigenvalue weighted by atomic mass is 10.1. The van der Waals surface area contributed by atoms with Crippen LogP contribution in [0.3, 0.4) is 0 Å². The van der Waals surface area contributed by atoms with E-state index < -0.39 is 0 Å². The fraction of sp³-hybridized carbons (Fsp3) is 0.200. The summed E-state index contributed by atoms with van der Waals surface area (Å²) in [5, 5.41) is 0. The van der Waals surface area contributed by atoms with Crippen LogP contribution in [0, 0.1) is 0 Å². The van der Waals surface area contributed by atoms with Crippen molar-refractivity contribution in [3.8, 4) is 11.7 Å². The summed E-state index contributed by atoms with van der Waals surface area (Å²) in [6, 6.07) is 16.0. The van der Waals surface area contributed by atoms with Gasteiger partial charge >= 0.3 is 0 Å². The van der Waals surface area contributed by atoms with Crippen LogP contribution >= 0.6 is 0 Å². The third-order valence-corrected chi connectivity index (χ3v) is 4.07. The fourth-order valence-corrected chi connectivity index (χ4v) is 2.80. The molecular weight excluding hydrogens is 326 g/mol. The number of ether oxygens (including phenoxy) is 1. The molecule has 0 aliphatic rings. The van der Waals surface area contributed by atoms with E-state index in [1.165, 1.54) is 5.56 Å². The van der Waals surface area contributed by atoms with Gasteiger partial charge in [-0.1, -0.05) is 36.4 Å². The molecule has 1 aromatic carbocycles. The van der Waals surface area contributed by atoms with E-state index in [9.17, 15) is 0 Å². The van der Waals surface area contributed by atoms with Crippen LogP contribution in [-0.4, -0.2) is 31.1 Å². The lowest BCUT2D eigenvalue weighted by Crippen LogP contribution is -2.02. The first-order valence-electron chi connectivity index (χ1n) is 8.66. The number of imidazole rings is 1. The second-order valence-corrected chi connectivity index (χ2v) is 5.88. The molecule has 0 N–H and O–H groups in total. The van der Waals surface area contributed by atoms with E-state index in [0.29, 0.717) is 29.6 Å². The second kappa shape index (κ2) is 7.31.